The lowest BCUT2D eigenvalue weighted by Crippen LogP contribution is -2.32. The topological polar surface area (TPSA) is 96.9 Å². The van der Waals surface area contributed by atoms with Gasteiger partial charge in [-0.3, -0.25) is 0 Å². The first kappa shape index (κ1) is 23.8. The molecular formula is C24H25ClFN5O3. The number of rotatable bonds is 5. The Labute approximate surface area is 201 Å². The Bertz CT molecular complexity index is 1280. The molecule has 1 aliphatic heterocycles. The van der Waals surface area contributed by atoms with Crippen LogP contribution >= 0.6 is 11.6 Å². The highest BCUT2D eigenvalue weighted by Crippen LogP contribution is 2.33. The first-order valence-electron chi connectivity index (χ1n) is 10.7. The van der Waals surface area contributed by atoms with Crippen molar-refractivity contribution in [2.24, 2.45) is 4.99 Å². The van der Waals surface area contributed by atoms with Crippen LogP contribution in [-0.4, -0.2) is 32.1 Å². The largest absolute Gasteiger partial charge is 0.470 e. The average molecular weight is 486 g/mol. The van der Waals surface area contributed by atoms with E-state index in [-0.39, 0.29) is 24.3 Å². The Morgan fingerprint density at radius 3 is 2.71 bits per heavy atom. The van der Waals surface area contributed by atoms with Crippen molar-refractivity contribution in [3.8, 4) is 11.3 Å². The van der Waals surface area contributed by atoms with E-state index in [0.29, 0.717) is 28.1 Å². The van der Waals surface area contributed by atoms with Crippen LogP contribution in [-0.2, 0) is 16.9 Å². The van der Waals surface area contributed by atoms with E-state index in [1.807, 2.05) is 30.9 Å². The van der Waals surface area contributed by atoms with Crippen LogP contribution in [0.5, 0.6) is 0 Å². The predicted octanol–water partition coefficient (Wildman–Crippen LogP) is 4.98. The number of halogens is 2. The quantitative estimate of drug-likeness (QED) is 0.544. The Morgan fingerprint density at radius 1 is 1.26 bits per heavy atom. The molecule has 0 bridgehead atoms. The molecule has 1 N–H and O–H groups in total. The van der Waals surface area contributed by atoms with Crippen molar-refractivity contribution >= 4 is 23.2 Å². The van der Waals surface area contributed by atoms with E-state index in [0.717, 1.165) is 17.4 Å². The van der Waals surface area contributed by atoms with Crippen molar-refractivity contribution in [3.05, 3.63) is 70.7 Å². The van der Waals surface area contributed by atoms with Crippen molar-refractivity contribution in [3.63, 3.8) is 0 Å². The van der Waals surface area contributed by atoms with Crippen LogP contribution in [0.2, 0.25) is 0 Å². The van der Waals surface area contributed by atoms with Gasteiger partial charge in [0, 0.05) is 24.4 Å². The monoisotopic (exact) mass is 485 g/mol. The van der Waals surface area contributed by atoms with Crippen molar-refractivity contribution in [2.75, 3.05) is 4.90 Å². The number of aliphatic hydroxyl groups is 1. The zero-order chi connectivity index (χ0) is 24.6. The summed E-state index contributed by atoms with van der Waals surface area (Å²) < 4.78 is 25.6. The lowest BCUT2D eigenvalue weighted by Gasteiger charge is -2.31. The first-order chi connectivity index (χ1) is 16.0. The fourth-order valence-electron chi connectivity index (χ4n) is 3.47. The summed E-state index contributed by atoms with van der Waals surface area (Å²) in [4.78, 5) is 18.9. The summed E-state index contributed by atoms with van der Waals surface area (Å²) in [5.74, 6) is 0.404. The summed E-state index contributed by atoms with van der Waals surface area (Å²) in [5.41, 5.74) is 1.69. The molecule has 0 saturated carbocycles. The van der Waals surface area contributed by atoms with Gasteiger partial charge in [0.25, 0.3) is 0 Å². The highest BCUT2D eigenvalue weighted by molar-refractivity contribution is 6.42. The molecule has 4 rings (SSSR count). The zero-order valence-electron chi connectivity index (χ0n) is 19.5. The van der Waals surface area contributed by atoms with Crippen LogP contribution in [0.1, 0.15) is 43.7 Å². The number of ether oxygens (including phenoxy) is 1. The van der Waals surface area contributed by atoms with E-state index < -0.39 is 11.4 Å². The van der Waals surface area contributed by atoms with Crippen LogP contribution in [0, 0.1) is 19.7 Å². The summed E-state index contributed by atoms with van der Waals surface area (Å²) in [6.07, 6.45) is 3.98. The molecule has 10 heteroatoms. The lowest BCUT2D eigenvalue weighted by atomic mass is 10.0. The highest BCUT2D eigenvalue weighted by Gasteiger charge is 2.25. The summed E-state index contributed by atoms with van der Waals surface area (Å²) in [5, 5.41) is 10.6. The van der Waals surface area contributed by atoms with Gasteiger partial charge in [0.2, 0.25) is 5.90 Å². The van der Waals surface area contributed by atoms with Crippen LogP contribution in [0.3, 0.4) is 0 Å². The summed E-state index contributed by atoms with van der Waals surface area (Å²) in [7, 11) is 0. The van der Waals surface area contributed by atoms with Gasteiger partial charge in [0.1, 0.15) is 41.1 Å². The molecule has 2 aromatic heterocycles. The van der Waals surface area contributed by atoms with Gasteiger partial charge in [-0.25, -0.2) is 24.3 Å². The molecule has 3 heterocycles. The van der Waals surface area contributed by atoms with E-state index in [9.17, 15) is 9.50 Å². The average Bonchev–Trinajstić information content (AvgIpc) is 3.19. The molecule has 0 radical (unpaired) electrons. The summed E-state index contributed by atoms with van der Waals surface area (Å²) in [6.45, 7) is 8.87. The van der Waals surface area contributed by atoms with Crippen molar-refractivity contribution < 1.29 is 18.7 Å². The van der Waals surface area contributed by atoms with Gasteiger partial charge in [-0.05, 0) is 39.3 Å². The molecule has 1 atom stereocenters. The van der Waals surface area contributed by atoms with Crippen LogP contribution in [0.25, 0.3) is 11.3 Å². The molecule has 1 aliphatic rings. The molecule has 0 saturated heterocycles. The number of hydrogen-bond donors (Lipinski definition) is 1. The molecule has 178 valence electrons. The third-order valence-electron chi connectivity index (χ3n) is 5.24. The molecule has 0 aliphatic carbocycles. The molecule has 34 heavy (non-hydrogen) atoms. The number of anilines is 1. The number of nitrogens with zero attached hydrogens (tertiary/aromatic N) is 5. The molecule has 0 spiro atoms. The number of aryl methyl sites for hydroxylation is 2. The Hall–Kier alpha value is -3.30. The Morgan fingerprint density at radius 2 is 2.03 bits per heavy atom. The van der Waals surface area contributed by atoms with E-state index in [1.165, 1.54) is 6.26 Å². The number of aromatic nitrogens is 3. The van der Waals surface area contributed by atoms with Gasteiger partial charge in [-0.15, -0.1) is 0 Å². The zero-order valence-corrected chi connectivity index (χ0v) is 20.3. The second kappa shape index (κ2) is 9.15. The van der Waals surface area contributed by atoms with Crippen molar-refractivity contribution in [1.82, 2.24) is 15.0 Å². The number of benzene rings is 1. The smallest absolute Gasteiger partial charge is 0.231 e. The minimum atomic E-state index is -1.30. The van der Waals surface area contributed by atoms with Gasteiger partial charge in [-0.1, -0.05) is 23.7 Å². The standard InChI is InChI=1S/C24H25ClFN5O3/c1-13-6-7-16(21-19(26)9-27-23(30-21)24(4,5)32)8-20(13)31-10-18(25)22(28-14(31)2)34-12-17-11-33-15(3)29-17/h6-11,14,32H,12H2,1-5H3. The van der Waals surface area contributed by atoms with Crippen LogP contribution in [0.4, 0.5) is 10.1 Å². The van der Waals surface area contributed by atoms with E-state index in [2.05, 4.69) is 19.9 Å². The molecule has 0 fully saturated rings. The molecule has 1 unspecified atom stereocenters. The number of oxazole rings is 1. The second-order valence-electron chi connectivity index (χ2n) is 8.55. The maximum absolute atomic E-state index is 14.6. The maximum atomic E-state index is 14.6. The second-order valence-corrected chi connectivity index (χ2v) is 8.95. The summed E-state index contributed by atoms with van der Waals surface area (Å²) >= 11 is 6.48. The SMILES string of the molecule is Cc1nc(COC2=NC(C)N(c3cc(-c4nc(C(C)(C)O)ncc4F)ccc3C)C=C2Cl)co1. The van der Waals surface area contributed by atoms with Gasteiger partial charge in [-0.2, -0.15) is 0 Å². The van der Waals surface area contributed by atoms with Crippen LogP contribution < -0.4 is 4.90 Å². The molecule has 0 amide bonds. The molecular weight excluding hydrogens is 461 g/mol. The molecule has 3 aromatic rings. The van der Waals surface area contributed by atoms with Gasteiger partial charge < -0.3 is 19.2 Å². The van der Waals surface area contributed by atoms with Crippen molar-refractivity contribution in [2.45, 2.75) is 53.0 Å². The van der Waals surface area contributed by atoms with E-state index in [1.54, 1.807) is 33.0 Å². The first-order valence-corrected chi connectivity index (χ1v) is 11.0. The predicted molar refractivity (Wildman–Crippen MR) is 127 cm³/mol. The number of aliphatic imine (C=N–C) groups is 1. The van der Waals surface area contributed by atoms with Crippen molar-refractivity contribution in [1.29, 1.82) is 0 Å². The maximum Gasteiger partial charge on any atom is 0.231 e. The summed E-state index contributed by atoms with van der Waals surface area (Å²) in [6, 6.07) is 5.45. The number of hydrogen-bond acceptors (Lipinski definition) is 8. The third-order valence-corrected chi connectivity index (χ3v) is 5.50. The lowest BCUT2D eigenvalue weighted by molar-refractivity contribution is 0.0686. The third kappa shape index (κ3) is 4.95. The highest BCUT2D eigenvalue weighted by atomic mass is 35.5. The fraction of sp³-hybridized carbons (Fsp3) is 0.333. The van der Waals surface area contributed by atoms with Gasteiger partial charge in [0.05, 0.1) is 6.20 Å². The minimum absolute atomic E-state index is 0.101. The van der Waals surface area contributed by atoms with E-state index >= 15 is 0 Å². The minimum Gasteiger partial charge on any atom is -0.470 e. The molecule has 8 nitrogen and oxygen atoms in total. The van der Waals surface area contributed by atoms with Gasteiger partial charge >= 0.3 is 0 Å². The fourth-order valence-corrected chi connectivity index (χ4v) is 3.68. The Balaban J connectivity index is 1.62. The molecule has 1 aromatic carbocycles. The normalized spacial score (nSPS) is 16.4. The van der Waals surface area contributed by atoms with Crippen LogP contribution in [0.15, 0.2) is 51.3 Å². The van der Waals surface area contributed by atoms with Gasteiger partial charge in [0.15, 0.2) is 17.5 Å². The Kier molecular flexibility index (Phi) is 6.42. The van der Waals surface area contributed by atoms with E-state index in [4.69, 9.17) is 20.8 Å².